The molecule has 0 amide bonds. The Morgan fingerprint density at radius 1 is 1.55 bits per heavy atom. The van der Waals surface area contributed by atoms with Crippen LogP contribution in [0, 0.1) is 17.2 Å². The summed E-state index contributed by atoms with van der Waals surface area (Å²) in [6.07, 6.45) is 5.57. The van der Waals surface area contributed by atoms with Crippen LogP contribution in [0.15, 0.2) is 12.7 Å². The predicted octanol–water partition coefficient (Wildman–Crippen LogP) is 2.07. The highest BCUT2D eigenvalue weighted by Crippen LogP contribution is 2.10. The molecule has 0 aliphatic rings. The van der Waals surface area contributed by atoms with Crippen LogP contribution in [0.25, 0.3) is 0 Å². The summed E-state index contributed by atoms with van der Waals surface area (Å²) in [5.74, 6) is 0.0487. The molecular weight excluding hydrogens is 138 g/mol. The first kappa shape index (κ1) is 9.90. The van der Waals surface area contributed by atoms with Crippen LogP contribution in [-0.2, 0) is 4.79 Å². The topological polar surface area (TPSA) is 40.9 Å². The third kappa shape index (κ3) is 5.35. The third-order valence-electron chi connectivity index (χ3n) is 1.56. The van der Waals surface area contributed by atoms with Crippen molar-refractivity contribution in [2.45, 2.75) is 25.7 Å². The number of allylic oxidation sites excluding steroid dienone is 1. The van der Waals surface area contributed by atoms with Crippen molar-refractivity contribution >= 4 is 6.29 Å². The average Bonchev–Trinajstić information content (AvgIpc) is 2.05. The Bertz CT molecular complexity index is 157. The second-order valence-electron chi connectivity index (χ2n) is 2.46. The molecule has 1 unspecified atom stereocenters. The highest BCUT2D eigenvalue weighted by molar-refractivity contribution is 5.53. The van der Waals surface area contributed by atoms with E-state index in [1.54, 1.807) is 6.08 Å². The molecule has 0 rings (SSSR count). The smallest absolute Gasteiger partial charge is 0.123 e. The van der Waals surface area contributed by atoms with E-state index in [2.05, 4.69) is 6.58 Å². The quantitative estimate of drug-likeness (QED) is 0.430. The molecule has 0 aromatic carbocycles. The largest absolute Gasteiger partial charge is 0.303 e. The Balaban J connectivity index is 3.50. The molecule has 2 heteroatoms. The van der Waals surface area contributed by atoms with Crippen molar-refractivity contribution in [2.75, 3.05) is 0 Å². The van der Waals surface area contributed by atoms with Gasteiger partial charge in [0, 0.05) is 12.3 Å². The molecule has 0 aliphatic heterocycles. The number of carbonyl (C=O) groups is 1. The summed E-state index contributed by atoms with van der Waals surface area (Å²) in [6, 6.07) is 2.02. The number of carbonyl (C=O) groups excluding carboxylic acids is 1. The third-order valence-corrected chi connectivity index (χ3v) is 1.56. The lowest BCUT2D eigenvalue weighted by Gasteiger charge is -2.03. The first-order valence-corrected chi connectivity index (χ1v) is 3.78. The standard InChI is InChI=1S/C9H13NO/c1-2-3-5-9(8-11)6-4-7-10/h2,8-9H,1,3-6H2. The first-order valence-electron chi connectivity index (χ1n) is 3.78. The van der Waals surface area contributed by atoms with E-state index in [1.807, 2.05) is 6.07 Å². The molecule has 1 atom stereocenters. The lowest BCUT2D eigenvalue weighted by molar-refractivity contribution is -0.111. The number of hydrogen-bond acceptors (Lipinski definition) is 2. The number of rotatable bonds is 6. The lowest BCUT2D eigenvalue weighted by Crippen LogP contribution is -2.00. The molecule has 2 nitrogen and oxygen atoms in total. The van der Waals surface area contributed by atoms with Gasteiger partial charge >= 0.3 is 0 Å². The number of nitriles is 1. The summed E-state index contributed by atoms with van der Waals surface area (Å²) < 4.78 is 0. The average molecular weight is 151 g/mol. The van der Waals surface area contributed by atoms with E-state index in [0.29, 0.717) is 12.8 Å². The highest BCUT2D eigenvalue weighted by Gasteiger charge is 2.04. The molecule has 60 valence electrons. The molecule has 0 fully saturated rings. The zero-order valence-electron chi connectivity index (χ0n) is 6.62. The molecule has 0 heterocycles. The first-order chi connectivity index (χ1) is 5.35. The minimum atomic E-state index is 0.0487. The second-order valence-corrected chi connectivity index (χ2v) is 2.46. The van der Waals surface area contributed by atoms with Crippen molar-refractivity contribution < 1.29 is 4.79 Å². The van der Waals surface area contributed by atoms with E-state index in [9.17, 15) is 4.79 Å². The van der Waals surface area contributed by atoms with Crippen LogP contribution in [0.2, 0.25) is 0 Å². The number of hydrogen-bond donors (Lipinski definition) is 0. The van der Waals surface area contributed by atoms with Crippen molar-refractivity contribution in [3.63, 3.8) is 0 Å². The molecular formula is C9H13NO. The highest BCUT2D eigenvalue weighted by atomic mass is 16.1. The van der Waals surface area contributed by atoms with Crippen LogP contribution in [-0.4, -0.2) is 6.29 Å². The van der Waals surface area contributed by atoms with Crippen LogP contribution in [0.1, 0.15) is 25.7 Å². The molecule has 0 aliphatic carbocycles. The number of aldehydes is 1. The van der Waals surface area contributed by atoms with Gasteiger partial charge in [-0.15, -0.1) is 6.58 Å². The van der Waals surface area contributed by atoms with Crippen molar-refractivity contribution in [1.82, 2.24) is 0 Å². The maximum atomic E-state index is 10.4. The summed E-state index contributed by atoms with van der Waals surface area (Å²) >= 11 is 0. The Morgan fingerprint density at radius 3 is 2.73 bits per heavy atom. The molecule has 0 saturated carbocycles. The zero-order chi connectivity index (χ0) is 8.53. The normalized spacial score (nSPS) is 11.5. The summed E-state index contributed by atoms with van der Waals surface area (Å²) in [7, 11) is 0. The van der Waals surface area contributed by atoms with Crippen molar-refractivity contribution in [3.8, 4) is 6.07 Å². The fourth-order valence-electron chi connectivity index (χ4n) is 0.862. The fraction of sp³-hybridized carbons (Fsp3) is 0.556. The van der Waals surface area contributed by atoms with Gasteiger partial charge in [-0.25, -0.2) is 0 Å². The van der Waals surface area contributed by atoms with Gasteiger partial charge in [-0.05, 0) is 19.3 Å². The summed E-state index contributed by atoms with van der Waals surface area (Å²) in [6.45, 7) is 3.57. The van der Waals surface area contributed by atoms with E-state index >= 15 is 0 Å². The van der Waals surface area contributed by atoms with Gasteiger partial charge in [0.05, 0.1) is 6.07 Å². The predicted molar refractivity (Wildman–Crippen MR) is 43.8 cm³/mol. The van der Waals surface area contributed by atoms with Crippen LogP contribution in [0.3, 0.4) is 0 Å². The Labute approximate surface area is 67.5 Å². The van der Waals surface area contributed by atoms with Crippen LogP contribution >= 0.6 is 0 Å². The maximum absolute atomic E-state index is 10.4. The SMILES string of the molecule is C=CCCC(C=O)CCC#N. The molecule has 0 N–H and O–H groups in total. The van der Waals surface area contributed by atoms with Gasteiger partial charge in [-0.1, -0.05) is 6.08 Å². The van der Waals surface area contributed by atoms with Crippen LogP contribution < -0.4 is 0 Å². The van der Waals surface area contributed by atoms with E-state index < -0.39 is 0 Å². The Morgan fingerprint density at radius 2 is 2.27 bits per heavy atom. The van der Waals surface area contributed by atoms with Crippen LogP contribution in [0.5, 0.6) is 0 Å². The summed E-state index contributed by atoms with van der Waals surface area (Å²) in [5, 5.41) is 8.25. The molecule has 0 spiro atoms. The molecule has 0 aromatic rings. The minimum absolute atomic E-state index is 0.0487. The Kier molecular flexibility index (Phi) is 6.31. The van der Waals surface area contributed by atoms with Gasteiger partial charge in [-0.3, -0.25) is 0 Å². The van der Waals surface area contributed by atoms with Crippen molar-refractivity contribution in [1.29, 1.82) is 5.26 Å². The maximum Gasteiger partial charge on any atom is 0.123 e. The van der Waals surface area contributed by atoms with Crippen molar-refractivity contribution in [3.05, 3.63) is 12.7 Å². The van der Waals surface area contributed by atoms with Gasteiger partial charge in [0.15, 0.2) is 0 Å². The molecule has 0 saturated heterocycles. The summed E-state index contributed by atoms with van der Waals surface area (Å²) in [4.78, 5) is 10.4. The van der Waals surface area contributed by atoms with Crippen molar-refractivity contribution in [2.24, 2.45) is 5.92 Å². The Hall–Kier alpha value is -1.10. The number of nitrogens with zero attached hydrogens (tertiary/aromatic N) is 1. The monoisotopic (exact) mass is 151 g/mol. The van der Waals surface area contributed by atoms with Gasteiger partial charge < -0.3 is 4.79 Å². The van der Waals surface area contributed by atoms with E-state index in [-0.39, 0.29) is 5.92 Å². The van der Waals surface area contributed by atoms with E-state index in [1.165, 1.54) is 0 Å². The summed E-state index contributed by atoms with van der Waals surface area (Å²) in [5.41, 5.74) is 0. The van der Waals surface area contributed by atoms with Gasteiger partial charge in [0.2, 0.25) is 0 Å². The van der Waals surface area contributed by atoms with E-state index in [4.69, 9.17) is 5.26 Å². The molecule has 0 radical (unpaired) electrons. The second kappa shape index (κ2) is 7.01. The molecule has 0 bridgehead atoms. The fourth-order valence-corrected chi connectivity index (χ4v) is 0.862. The van der Waals surface area contributed by atoms with Crippen LogP contribution in [0.4, 0.5) is 0 Å². The van der Waals surface area contributed by atoms with Gasteiger partial charge in [0.25, 0.3) is 0 Å². The lowest BCUT2D eigenvalue weighted by atomic mass is 10.00. The molecule has 0 aromatic heterocycles. The minimum Gasteiger partial charge on any atom is -0.303 e. The zero-order valence-corrected chi connectivity index (χ0v) is 6.62. The van der Waals surface area contributed by atoms with Gasteiger partial charge in [-0.2, -0.15) is 5.26 Å². The van der Waals surface area contributed by atoms with Gasteiger partial charge in [0.1, 0.15) is 6.29 Å². The van der Waals surface area contributed by atoms with E-state index in [0.717, 1.165) is 19.1 Å². The molecule has 11 heavy (non-hydrogen) atoms.